The third kappa shape index (κ3) is 3.22. The maximum atomic E-state index is 12.2. The van der Waals surface area contributed by atoms with E-state index in [2.05, 4.69) is 0 Å². The van der Waals surface area contributed by atoms with Crippen molar-refractivity contribution in [1.29, 1.82) is 0 Å². The monoisotopic (exact) mass is 322 g/mol. The summed E-state index contributed by atoms with van der Waals surface area (Å²) in [6.07, 6.45) is 2.71. The van der Waals surface area contributed by atoms with Crippen LogP contribution in [0.5, 0.6) is 0 Å². The molecule has 1 aromatic carbocycles. The number of benzene rings is 1. The summed E-state index contributed by atoms with van der Waals surface area (Å²) < 4.78 is 24.3. The zero-order valence-electron chi connectivity index (χ0n) is 9.90. The molecule has 0 spiro atoms. The standard InChI is InChI=1S/C12H12Cl2O4S/c13-8-3-4-9(11(14)10(8)12(15)16)19(17,18)6-5-7-1-2-7/h3-4,7H,1-2,5-6H2,(H,15,16). The van der Waals surface area contributed by atoms with E-state index in [1.807, 2.05) is 0 Å². The number of sulfone groups is 1. The van der Waals surface area contributed by atoms with E-state index < -0.39 is 15.8 Å². The van der Waals surface area contributed by atoms with E-state index in [0.29, 0.717) is 12.3 Å². The highest BCUT2D eigenvalue weighted by atomic mass is 35.5. The van der Waals surface area contributed by atoms with Crippen LogP contribution in [0.25, 0.3) is 0 Å². The fourth-order valence-electron chi connectivity index (χ4n) is 1.81. The molecule has 0 atom stereocenters. The summed E-state index contributed by atoms with van der Waals surface area (Å²) >= 11 is 11.6. The SMILES string of the molecule is O=C(O)c1c(Cl)ccc(S(=O)(=O)CCC2CC2)c1Cl. The van der Waals surface area contributed by atoms with Gasteiger partial charge >= 0.3 is 5.97 Å². The second-order valence-electron chi connectivity index (χ2n) is 4.59. The number of hydrogen-bond acceptors (Lipinski definition) is 3. The minimum absolute atomic E-state index is 0.0158. The van der Waals surface area contributed by atoms with E-state index in [1.165, 1.54) is 12.1 Å². The molecule has 0 aliphatic heterocycles. The van der Waals surface area contributed by atoms with Crippen molar-refractivity contribution in [3.63, 3.8) is 0 Å². The molecule has 0 aromatic heterocycles. The molecule has 0 radical (unpaired) electrons. The van der Waals surface area contributed by atoms with Crippen LogP contribution in [-0.2, 0) is 9.84 Å². The highest BCUT2D eigenvalue weighted by molar-refractivity contribution is 7.91. The molecule has 0 amide bonds. The minimum Gasteiger partial charge on any atom is -0.478 e. The van der Waals surface area contributed by atoms with Gasteiger partial charge in [0.1, 0.15) is 0 Å². The Bertz CT molecular complexity index is 621. The molecule has 7 heteroatoms. The number of hydrogen-bond donors (Lipinski definition) is 1. The van der Waals surface area contributed by atoms with Crippen LogP contribution >= 0.6 is 23.2 Å². The van der Waals surface area contributed by atoms with Crippen LogP contribution in [0.15, 0.2) is 17.0 Å². The largest absolute Gasteiger partial charge is 0.478 e. The third-order valence-electron chi connectivity index (χ3n) is 3.10. The molecule has 1 saturated carbocycles. The van der Waals surface area contributed by atoms with Crippen LogP contribution in [0.3, 0.4) is 0 Å². The molecule has 0 unspecified atom stereocenters. The molecule has 1 N–H and O–H groups in total. The van der Waals surface area contributed by atoms with Crippen molar-refractivity contribution >= 4 is 39.0 Å². The first kappa shape index (κ1) is 14.6. The summed E-state index contributed by atoms with van der Waals surface area (Å²) in [6.45, 7) is 0. The van der Waals surface area contributed by atoms with Crippen molar-refractivity contribution in [2.24, 2.45) is 5.92 Å². The van der Waals surface area contributed by atoms with Crippen LogP contribution < -0.4 is 0 Å². The van der Waals surface area contributed by atoms with Gasteiger partial charge in [-0.2, -0.15) is 0 Å². The highest BCUT2D eigenvalue weighted by Crippen LogP contribution is 2.35. The van der Waals surface area contributed by atoms with E-state index in [1.54, 1.807) is 0 Å². The number of rotatable bonds is 5. The summed E-state index contributed by atoms with van der Waals surface area (Å²) in [6, 6.07) is 2.51. The van der Waals surface area contributed by atoms with Crippen LogP contribution in [0.2, 0.25) is 10.0 Å². The van der Waals surface area contributed by atoms with E-state index in [4.69, 9.17) is 28.3 Å². The van der Waals surface area contributed by atoms with Gasteiger partial charge in [0, 0.05) is 0 Å². The number of aromatic carboxylic acids is 1. The van der Waals surface area contributed by atoms with Gasteiger partial charge in [-0.25, -0.2) is 13.2 Å². The lowest BCUT2D eigenvalue weighted by Gasteiger charge is -2.09. The lowest BCUT2D eigenvalue weighted by Crippen LogP contribution is -2.10. The topological polar surface area (TPSA) is 71.4 Å². The Balaban J connectivity index is 2.38. The first-order valence-corrected chi connectivity index (χ1v) is 8.18. The first-order valence-electron chi connectivity index (χ1n) is 5.77. The third-order valence-corrected chi connectivity index (χ3v) is 5.70. The van der Waals surface area contributed by atoms with E-state index >= 15 is 0 Å². The Hall–Kier alpha value is -0.780. The average molecular weight is 323 g/mol. The Morgan fingerprint density at radius 3 is 2.47 bits per heavy atom. The zero-order valence-corrected chi connectivity index (χ0v) is 12.2. The molecule has 19 heavy (non-hydrogen) atoms. The normalized spacial score (nSPS) is 15.5. The zero-order chi connectivity index (χ0) is 14.2. The van der Waals surface area contributed by atoms with E-state index in [9.17, 15) is 13.2 Å². The minimum atomic E-state index is -3.57. The first-order chi connectivity index (χ1) is 8.83. The molecule has 2 rings (SSSR count). The van der Waals surface area contributed by atoms with Crippen LogP contribution in [0.1, 0.15) is 29.6 Å². The molecule has 1 aliphatic carbocycles. The molecule has 0 bridgehead atoms. The summed E-state index contributed by atoms with van der Waals surface area (Å²) in [7, 11) is -3.57. The average Bonchev–Trinajstić information content (AvgIpc) is 3.09. The fourth-order valence-corrected chi connectivity index (χ4v) is 4.21. The number of halogens is 2. The van der Waals surface area contributed by atoms with Crippen molar-refractivity contribution in [3.05, 3.63) is 27.7 Å². The second kappa shape index (κ2) is 5.31. The van der Waals surface area contributed by atoms with Gasteiger partial charge in [0.05, 0.1) is 26.3 Å². The van der Waals surface area contributed by atoms with Gasteiger partial charge in [-0.15, -0.1) is 0 Å². The Kier molecular flexibility index (Phi) is 4.08. The Morgan fingerprint density at radius 2 is 1.95 bits per heavy atom. The molecule has 104 valence electrons. The predicted molar refractivity (Wildman–Crippen MR) is 72.8 cm³/mol. The van der Waals surface area contributed by atoms with Crippen LogP contribution in [0, 0.1) is 5.92 Å². The molecule has 4 nitrogen and oxygen atoms in total. The highest BCUT2D eigenvalue weighted by Gasteiger charge is 2.28. The van der Waals surface area contributed by atoms with Gasteiger partial charge in [0.25, 0.3) is 0 Å². The maximum Gasteiger partial charge on any atom is 0.338 e. The van der Waals surface area contributed by atoms with Gasteiger partial charge in [0.15, 0.2) is 9.84 Å². The van der Waals surface area contributed by atoms with Gasteiger partial charge < -0.3 is 5.11 Å². The Morgan fingerprint density at radius 1 is 1.32 bits per heavy atom. The number of carbonyl (C=O) groups is 1. The van der Waals surface area contributed by atoms with Crippen LogP contribution in [0.4, 0.5) is 0 Å². The smallest absolute Gasteiger partial charge is 0.338 e. The van der Waals surface area contributed by atoms with Crippen LogP contribution in [-0.4, -0.2) is 25.2 Å². The number of carboxylic acid groups (broad SMARTS) is 1. The lowest BCUT2D eigenvalue weighted by molar-refractivity contribution is 0.0697. The van der Waals surface area contributed by atoms with Gasteiger partial charge in [-0.05, 0) is 24.5 Å². The molecule has 1 fully saturated rings. The molecular weight excluding hydrogens is 311 g/mol. The van der Waals surface area contributed by atoms with Crippen molar-refractivity contribution in [2.75, 3.05) is 5.75 Å². The quantitative estimate of drug-likeness (QED) is 0.903. The second-order valence-corrected chi connectivity index (χ2v) is 7.45. The Labute approximate surface area is 121 Å². The summed E-state index contributed by atoms with van der Waals surface area (Å²) in [4.78, 5) is 10.9. The summed E-state index contributed by atoms with van der Waals surface area (Å²) in [5.41, 5.74) is -0.365. The molecule has 1 aromatic rings. The summed E-state index contributed by atoms with van der Waals surface area (Å²) in [5.74, 6) is -0.882. The van der Waals surface area contributed by atoms with Crippen molar-refractivity contribution in [2.45, 2.75) is 24.2 Å². The van der Waals surface area contributed by atoms with Crippen molar-refractivity contribution in [1.82, 2.24) is 0 Å². The van der Waals surface area contributed by atoms with Crippen molar-refractivity contribution < 1.29 is 18.3 Å². The number of carboxylic acids is 1. The van der Waals surface area contributed by atoms with E-state index in [-0.39, 0.29) is 26.3 Å². The van der Waals surface area contributed by atoms with Crippen molar-refractivity contribution in [3.8, 4) is 0 Å². The lowest BCUT2D eigenvalue weighted by atomic mass is 10.2. The molecule has 1 aliphatic rings. The fraction of sp³-hybridized carbons (Fsp3) is 0.417. The molecular formula is C12H12Cl2O4S. The van der Waals surface area contributed by atoms with Gasteiger partial charge in [-0.1, -0.05) is 36.0 Å². The van der Waals surface area contributed by atoms with E-state index in [0.717, 1.165) is 12.8 Å². The summed E-state index contributed by atoms with van der Waals surface area (Å²) in [5, 5.41) is 8.62. The van der Waals surface area contributed by atoms with Gasteiger partial charge in [0.2, 0.25) is 0 Å². The molecule has 0 heterocycles. The predicted octanol–water partition coefficient (Wildman–Crippen LogP) is 3.27. The maximum absolute atomic E-state index is 12.2. The van der Waals surface area contributed by atoms with Gasteiger partial charge in [-0.3, -0.25) is 0 Å². The molecule has 0 saturated heterocycles.